The maximum Gasteiger partial charge on any atom is 0.135 e. The van der Waals surface area contributed by atoms with Gasteiger partial charge in [-0.05, 0) is 143 Å². The van der Waals surface area contributed by atoms with Crippen LogP contribution < -0.4 is 9.64 Å². The normalized spacial score (nSPS) is 19.6. The molecule has 0 aromatic heterocycles. The number of fused-ring (bicyclic) bond motifs is 17. The molecule has 2 heteroatoms. The van der Waals surface area contributed by atoms with Gasteiger partial charge in [0.25, 0.3) is 0 Å². The van der Waals surface area contributed by atoms with Crippen LogP contribution in [-0.4, -0.2) is 6.10 Å². The highest BCUT2D eigenvalue weighted by molar-refractivity contribution is 6.03. The molecule has 6 aliphatic rings. The molecule has 332 valence electrons. The molecule has 1 heterocycles. The Balaban J connectivity index is 0.907. The number of rotatable bonds is 5. The summed E-state index contributed by atoms with van der Waals surface area (Å²) in [6, 6.07) is 75.2. The highest BCUT2D eigenvalue weighted by Gasteiger charge is 2.52. The lowest BCUT2D eigenvalue weighted by molar-refractivity contribution is 0.278. The average Bonchev–Trinajstić information content (AvgIpc) is 4.11. The van der Waals surface area contributed by atoms with Crippen LogP contribution in [0.4, 0.5) is 11.4 Å². The van der Waals surface area contributed by atoms with Crippen molar-refractivity contribution in [1.29, 1.82) is 0 Å². The molecule has 0 amide bonds. The van der Waals surface area contributed by atoms with Gasteiger partial charge < -0.3 is 9.64 Å². The summed E-state index contributed by atoms with van der Waals surface area (Å²) >= 11 is 0. The molecule has 70 heavy (non-hydrogen) atoms. The molecule has 0 saturated carbocycles. The first-order chi connectivity index (χ1) is 34.5. The summed E-state index contributed by atoms with van der Waals surface area (Å²) in [5.74, 6) is 1.49. The minimum Gasteiger partial charge on any atom is -0.484 e. The van der Waals surface area contributed by atoms with Gasteiger partial charge in [-0.2, -0.15) is 0 Å². The zero-order valence-corrected chi connectivity index (χ0v) is 39.2. The standard InChI is InChI=1S/C68H49NO/c1-67(2)58-25-10-5-18-49(58)53-38-35-45(40-62(53)67)69(46-36-39-54-52-21-8-13-28-61(52)68(63(54)41-46)59-26-11-6-19-50(59)51-20-7-12-27-60(51)68)44-33-30-43(31-34-44)48-37-32-42-16-3-4-17-47(42)65(48)57-24-15-23-56-55-22-9-14-29-64(55)70-66(56)57/h3-39,41,56,62,66H,40H2,1-2H3. The van der Waals surface area contributed by atoms with Gasteiger partial charge in [0.2, 0.25) is 0 Å². The van der Waals surface area contributed by atoms with E-state index in [2.05, 4.69) is 249 Å². The molecule has 9 aromatic rings. The number of ether oxygens (including phenoxy) is 1. The molecule has 0 bridgehead atoms. The van der Waals surface area contributed by atoms with E-state index >= 15 is 0 Å². The van der Waals surface area contributed by atoms with Gasteiger partial charge >= 0.3 is 0 Å². The zero-order chi connectivity index (χ0) is 46.3. The molecule has 9 aromatic carbocycles. The second kappa shape index (κ2) is 14.7. The Morgan fingerprint density at radius 1 is 0.486 bits per heavy atom. The van der Waals surface area contributed by atoms with Crippen molar-refractivity contribution in [1.82, 2.24) is 0 Å². The largest absolute Gasteiger partial charge is 0.484 e. The number of nitrogens with zero attached hydrogens (tertiary/aromatic N) is 1. The summed E-state index contributed by atoms with van der Waals surface area (Å²) in [7, 11) is 0. The Hall–Kier alpha value is -8.20. The second-order valence-corrected chi connectivity index (χ2v) is 20.6. The molecular weight excluding hydrogens is 847 g/mol. The van der Waals surface area contributed by atoms with Crippen LogP contribution in [0.5, 0.6) is 5.75 Å². The van der Waals surface area contributed by atoms with Crippen LogP contribution in [0.1, 0.15) is 70.7 Å². The fourth-order valence-corrected chi connectivity index (χ4v) is 13.9. The quantitative estimate of drug-likeness (QED) is 0.171. The second-order valence-electron chi connectivity index (χ2n) is 20.6. The first-order valence-corrected chi connectivity index (χ1v) is 25.0. The Morgan fingerprint density at radius 3 is 1.83 bits per heavy atom. The Bertz CT molecular complexity index is 3780. The van der Waals surface area contributed by atoms with Crippen molar-refractivity contribution in [2.24, 2.45) is 5.92 Å². The predicted molar refractivity (Wildman–Crippen MR) is 289 cm³/mol. The van der Waals surface area contributed by atoms with Crippen LogP contribution in [0.15, 0.2) is 236 Å². The van der Waals surface area contributed by atoms with Crippen LogP contribution in [0.2, 0.25) is 0 Å². The van der Waals surface area contributed by atoms with Crippen LogP contribution >= 0.6 is 0 Å². The molecular formula is C68H49NO. The average molecular weight is 896 g/mol. The van der Waals surface area contributed by atoms with Crippen LogP contribution in [0.3, 0.4) is 0 Å². The third-order valence-corrected chi connectivity index (χ3v) is 17.0. The van der Waals surface area contributed by atoms with Gasteiger partial charge in [-0.1, -0.05) is 208 Å². The fraction of sp³-hybridized carbons (Fsp3) is 0.118. The molecule has 2 nitrogen and oxygen atoms in total. The first-order valence-electron chi connectivity index (χ1n) is 25.0. The topological polar surface area (TPSA) is 12.5 Å². The maximum absolute atomic E-state index is 6.84. The van der Waals surface area contributed by atoms with Crippen LogP contribution in [-0.2, 0) is 10.8 Å². The highest BCUT2D eigenvalue weighted by Crippen LogP contribution is 2.64. The maximum atomic E-state index is 6.84. The molecule has 15 rings (SSSR count). The van der Waals surface area contributed by atoms with E-state index in [0.717, 1.165) is 17.9 Å². The number of hydrogen-bond acceptors (Lipinski definition) is 2. The smallest absolute Gasteiger partial charge is 0.135 e. The first kappa shape index (κ1) is 39.8. The van der Waals surface area contributed by atoms with E-state index in [1.807, 2.05) is 0 Å². The summed E-state index contributed by atoms with van der Waals surface area (Å²) in [6.45, 7) is 4.89. The number of allylic oxidation sites excluding steroid dienone is 6. The van der Waals surface area contributed by atoms with E-state index in [0.29, 0.717) is 5.92 Å². The number of hydrogen-bond donors (Lipinski definition) is 0. The van der Waals surface area contributed by atoms with Crippen molar-refractivity contribution in [3.05, 3.63) is 281 Å². The van der Waals surface area contributed by atoms with E-state index in [1.165, 1.54) is 111 Å². The summed E-state index contributed by atoms with van der Waals surface area (Å²) in [4.78, 5) is 2.57. The SMILES string of the molecule is CC1(C)c2ccccc2C2=CC=C(N(c3ccc(-c4ccc5ccccc5c4C4=CC=CC5c6ccccc6OC45)cc3)c3ccc4c(c3)C3(c5ccccc5-c5ccccc53)c3ccccc3-4)CC21. The lowest BCUT2D eigenvalue weighted by Gasteiger charge is -2.37. The molecule has 1 aliphatic heterocycles. The lowest BCUT2D eigenvalue weighted by Crippen LogP contribution is -2.29. The van der Waals surface area contributed by atoms with Crippen molar-refractivity contribution in [3.63, 3.8) is 0 Å². The molecule has 3 atom stereocenters. The highest BCUT2D eigenvalue weighted by atomic mass is 16.5. The number of anilines is 2. The summed E-state index contributed by atoms with van der Waals surface area (Å²) in [6.07, 6.45) is 12.5. The number of para-hydroxylation sites is 1. The number of benzene rings is 9. The van der Waals surface area contributed by atoms with Crippen molar-refractivity contribution >= 4 is 33.3 Å². The summed E-state index contributed by atoms with van der Waals surface area (Å²) in [5.41, 5.74) is 24.3. The van der Waals surface area contributed by atoms with E-state index in [1.54, 1.807) is 0 Å². The van der Waals surface area contributed by atoms with Gasteiger partial charge in [-0.3, -0.25) is 0 Å². The third kappa shape index (κ3) is 5.34. The molecule has 3 unspecified atom stereocenters. The predicted octanol–water partition coefficient (Wildman–Crippen LogP) is 16.8. The molecule has 5 aliphatic carbocycles. The molecule has 1 spiro atoms. The summed E-state index contributed by atoms with van der Waals surface area (Å²) in [5, 5.41) is 2.47. The molecule has 0 saturated heterocycles. The minimum atomic E-state index is -0.438. The van der Waals surface area contributed by atoms with Crippen molar-refractivity contribution < 1.29 is 4.74 Å². The zero-order valence-electron chi connectivity index (χ0n) is 39.2. The van der Waals surface area contributed by atoms with Gasteiger partial charge in [0.05, 0.1) is 5.41 Å². The summed E-state index contributed by atoms with van der Waals surface area (Å²) < 4.78 is 6.84. The van der Waals surface area contributed by atoms with Gasteiger partial charge in [0.15, 0.2) is 0 Å². The fourth-order valence-electron chi connectivity index (χ4n) is 13.9. The molecule has 0 N–H and O–H groups in total. The lowest BCUT2D eigenvalue weighted by atomic mass is 9.70. The van der Waals surface area contributed by atoms with Crippen molar-refractivity contribution in [2.45, 2.75) is 43.1 Å². The van der Waals surface area contributed by atoms with Crippen molar-refractivity contribution in [2.75, 3.05) is 4.90 Å². The van der Waals surface area contributed by atoms with Gasteiger partial charge in [0.1, 0.15) is 11.9 Å². The van der Waals surface area contributed by atoms with Crippen molar-refractivity contribution in [3.8, 4) is 39.1 Å². The molecule has 0 radical (unpaired) electrons. The van der Waals surface area contributed by atoms with E-state index < -0.39 is 5.41 Å². The molecule has 0 fully saturated rings. The Kier molecular flexibility index (Phi) is 8.32. The van der Waals surface area contributed by atoms with Crippen LogP contribution in [0.25, 0.3) is 55.3 Å². The van der Waals surface area contributed by atoms with Crippen LogP contribution in [0, 0.1) is 5.92 Å². The van der Waals surface area contributed by atoms with E-state index in [9.17, 15) is 0 Å². The van der Waals surface area contributed by atoms with Gasteiger partial charge in [0, 0.05) is 34.1 Å². The van der Waals surface area contributed by atoms with E-state index in [4.69, 9.17) is 4.74 Å². The Morgan fingerprint density at radius 2 is 1.09 bits per heavy atom. The van der Waals surface area contributed by atoms with Gasteiger partial charge in [-0.25, -0.2) is 0 Å². The van der Waals surface area contributed by atoms with Gasteiger partial charge in [-0.15, -0.1) is 0 Å². The third-order valence-electron chi connectivity index (χ3n) is 17.0. The minimum absolute atomic E-state index is 0.0166. The van der Waals surface area contributed by atoms with E-state index in [-0.39, 0.29) is 17.4 Å². The monoisotopic (exact) mass is 895 g/mol. The Labute approximate surface area is 409 Å².